The van der Waals surface area contributed by atoms with E-state index in [1.54, 1.807) is 18.2 Å². The van der Waals surface area contributed by atoms with E-state index in [4.69, 9.17) is 16.3 Å². The molecule has 0 spiro atoms. The van der Waals surface area contributed by atoms with E-state index in [-0.39, 0.29) is 5.78 Å². The Morgan fingerprint density at radius 1 is 1.50 bits per heavy atom. The highest BCUT2D eigenvalue weighted by atomic mass is 35.5. The van der Waals surface area contributed by atoms with Gasteiger partial charge in [-0.2, -0.15) is 0 Å². The highest BCUT2D eigenvalue weighted by molar-refractivity contribution is 7.08. The zero-order valence-electron chi connectivity index (χ0n) is 8.31. The van der Waals surface area contributed by atoms with Gasteiger partial charge in [0.15, 0.2) is 0 Å². The molecule has 0 saturated carbocycles. The molecule has 1 heterocycles. The molecule has 0 atom stereocenters. The zero-order valence-corrected chi connectivity index (χ0v) is 9.88. The molecule has 4 nitrogen and oxygen atoms in total. The van der Waals surface area contributed by atoms with Crippen molar-refractivity contribution in [1.82, 2.24) is 9.59 Å². The van der Waals surface area contributed by atoms with Gasteiger partial charge < -0.3 is 4.74 Å². The van der Waals surface area contributed by atoms with Gasteiger partial charge in [-0.05, 0) is 29.7 Å². The van der Waals surface area contributed by atoms with Crippen LogP contribution in [-0.2, 0) is 0 Å². The molecule has 0 saturated heterocycles. The molecule has 1 aromatic carbocycles. The summed E-state index contributed by atoms with van der Waals surface area (Å²) in [5.41, 5.74) is 0.507. The number of carbonyl (C=O) groups is 1. The monoisotopic (exact) mass is 254 g/mol. The third-order valence-electron chi connectivity index (χ3n) is 2.00. The molecule has 16 heavy (non-hydrogen) atoms. The van der Waals surface area contributed by atoms with Crippen LogP contribution in [0.2, 0.25) is 5.02 Å². The third kappa shape index (κ3) is 2.05. The fraction of sp³-hybridized carbons (Fsp3) is 0.100. The molecular formula is C10H7ClN2O2S. The molecular weight excluding hydrogens is 248 g/mol. The Morgan fingerprint density at radius 2 is 2.31 bits per heavy atom. The Labute approximate surface area is 101 Å². The maximum Gasteiger partial charge on any atom is 0.206 e. The fourth-order valence-electron chi connectivity index (χ4n) is 1.21. The summed E-state index contributed by atoms with van der Waals surface area (Å²) in [5.74, 6) is 0.343. The van der Waals surface area contributed by atoms with Gasteiger partial charge in [-0.15, -0.1) is 5.10 Å². The lowest BCUT2D eigenvalue weighted by Crippen LogP contribution is -1.99. The molecule has 0 N–H and O–H groups in total. The predicted octanol–water partition coefficient (Wildman–Crippen LogP) is 2.43. The molecule has 2 aromatic rings. The summed E-state index contributed by atoms with van der Waals surface area (Å²) < 4.78 is 8.68. The molecule has 0 aliphatic carbocycles. The molecule has 82 valence electrons. The summed E-state index contributed by atoms with van der Waals surface area (Å²) in [6.45, 7) is 0. The highest BCUT2D eigenvalue weighted by Gasteiger charge is 2.13. The Morgan fingerprint density at radius 3 is 2.94 bits per heavy atom. The predicted molar refractivity (Wildman–Crippen MR) is 61.3 cm³/mol. The van der Waals surface area contributed by atoms with Crippen LogP contribution in [0.3, 0.4) is 0 Å². The van der Waals surface area contributed by atoms with Crippen molar-refractivity contribution in [3.63, 3.8) is 0 Å². The van der Waals surface area contributed by atoms with Crippen molar-refractivity contribution in [2.75, 3.05) is 7.11 Å². The molecule has 0 unspecified atom stereocenters. The Balaban J connectivity index is 2.38. The third-order valence-corrected chi connectivity index (χ3v) is 2.97. The molecule has 0 aliphatic rings. The number of ether oxygens (including phenoxy) is 1. The van der Waals surface area contributed by atoms with Gasteiger partial charge >= 0.3 is 0 Å². The quantitative estimate of drug-likeness (QED) is 0.790. The number of rotatable bonds is 3. The zero-order chi connectivity index (χ0) is 11.5. The van der Waals surface area contributed by atoms with Crippen molar-refractivity contribution in [2.24, 2.45) is 0 Å². The lowest BCUT2D eigenvalue weighted by atomic mass is 10.1. The molecule has 2 rings (SSSR count). The lowest BCUT2D eigenvalue weighted by Gasteiger charge is -2.04. The Hall–Kier alpha value is -1.46. The highest BCUT2D eigenvalue weighted by Crippen LogP contribution is 2.26. The average Bonchev–Trinajstić information content (AvgIpc) is 2.82. The summed E-state index contributed by atoms with van der Waals surface area (Å²) in [7, 11) is 1.50. The second kappa shape index (κ2) is 4.59. The topological polar surface area (TPSA) is 52.1 Å². The SMILES string of the molecule is COc1cc(C(=O)c2cnns2)ccc1Cl. The first-order valence-corrected chi connectivity index (χ1v) is 5.53. The first kappa shape index (κ1) is 11.0. The van der Waals surface area contributed by atoms with Gasteiger partial charge in [-0.3, -0.25) is 4.79 Å². The number of hydrogen-bond acceptors (Lipinski definition) is 5. The molecule has 0 amide bonds. The van der Waals surface area contributed by atoms with E-state index in [9.17, 15) is 4.79 Å². The number of nitrogens with zero attached hydrogens (tertiary/aromatic N) is 2. The average molecular weight is 255 g/mol. The number of carbonyl (C=O) groups excluding carboxylic acids is 1. The van der Waals surface area contributed by atoms with Gasteiger partial charge in [0.2, 0.25) is 5.78 Å². The van der Waals surface area contributed by atoms with Crippen LogP contribution in [0, 0.1) is 0 Å². The van der Waals surface area contributed by atoms with Crippen LogP contribution in [-0.4, -0.2) is 22.5 Å². The molecule has 0 radical (unpaired) electrons. The number of hydrogen-bond donors (Lipinski definition) is 0. The standard InChI is InChI=1S/C10H7ClN2O2S/c1-15-8-4-6(2-3-7(8)11)10(14)9-5-12-13-16-9/h2-5H,1H3. The van der Waals surface area contributed by atoms with E-state index >= 15 is 0 Å². The van der Waals surface area contributed by atoms with E-state index < -0.39 is 0 Å². The van der Waals surface area contributed by atoms with Crippen molar-refractivity contribution in [2.45, 2.75) is 0 Å². The fourth-order valence-corrected chi connectivity index (χ4v) is 1.88. The number of halogens is 1. The van der Waals surface area contributed by atoms with Gasteiger partial charge in [0.05, 0.1) is 18.3 Å². The first-order chi connectivity index (χ1) is 7.72. The number of aromatic nitrogens is 2. The van der Waals surface area contributed by atoms with E-state index in [1.165, 1.54) is 13.3 Å². The number of benzene rings is 1. The van der Waals surface area contributed by atoms with Crippen molar-refractivity contribution in [3.05, 3.63) is 39.9 Å². The van der Waals surface area contributed by atoms with E-state index in [2.05, 4.69) is 9.59 Å². The number of ketones is 1. The second-order valence-corrected chi connectivity index (χ2v) is 4.15. The maximum absolute atomic E-state index is 11.9. The summed E-state index contributed by atoms with van der Waals surface area (Å²) in [4.78, 5) is 12.4. The van der Waals surface area contributed by atoms with Crippen molar-refractivity contribution < 1.29 is 9.53 Å². The van der Waals surface area contributed by atoms with Crippen LogP contribution in [0.15, 0.2) is 24.4 Å². The van der Waals surface area contributed by atoms with Crippen LogP contribution >= 0.6 is 23.1 Å². The smallest absolute Gasteiger partial charge is 0.206 e. The molecule has 0 aliphatic heterocycles. The second-order valence-electron chi connectivity index (χ2n) is 2.96. The van der Waals surface area contributed by atoms with Gasteiger partial charge in [0.25, 0.3) is 0 Å². The van der Waals surface area contributed by atoms with Crippen LogP contribution in [0.25, 0.3) is 0 Å². The van der Waals surface area contributed by atoms with Crippen LogP contribution in [0.5, 0.6) is 5.75 Å². The number of methoxy groups -OCH3 is 1. The van der Waals surface area contributed by atoms with Gasteiger partial charge in [-0.25, -0.2) is 0 Å². The summed E-state index contributed by atoms with van der Waals surface area (Å²) in [5, 5.41) is 4.09. The van der Waals surface area contributed by atoms with Crippen molar-refractivity contribution in [3.8, 4) is 5.75 Å². The summed E-state index contributed by atoms with van der Waals surface area (Å²) >= 11 is 6.93. The molecule has 6 heteroatoms. The first-order valence-electron chi connectivity index (χ1n) is 4.38. The molecule has 1 aromatic heterocycles. The van der Waals surface area contributed by atoms with Gasteiger partial charge in [0, 0.05) is 5.56 Å². The van der Waals surface area contributed by atoms with E-state index in [1.807, 2.05) is 0 Å². The minimum atomic E-state index is -0.134. The van der Waals surface area contributed by atoms with Gasteiger partial charge in [0.1, 0.15) is 10.6 Å². The normalized spacial score (nSPS) is 10.1. The van der Waals surface area contributed by atoms with Gasteiger partial charge in [-0.1, -0.05) is 16.1 Å². The summed E-state index contributed by atoms with van der Waals surface area (Å²) in [6.07, 6.45) is 1.44. The van der Waals surface area contributed by atoms with Crippen LogP contribution in [0.4, 0.5) is 0 Å². The molecule has 0 fully saturated rings. The Bertz CT molecular complexity index is 514. The van der Waals surface area contributed by atoms with Crippen molar-refractivity contribution >= 4 is 28.9 Å². The van der Waals surface area contributed by atoms with Crippen LogP contribution in [0.1, 0.15) is 15.2 Å². The Kier molecular flexibility index (Phi) is 3.17. The molecule has 0 bridgehead atoms. The summed E-state index contributed by atoms with van der Waals surface area (Å²) in [6, 6.07) is 4.87. The largest absolute Gasteiger partial charge is 0.495 e. The minimum Gasteiger partial charge on any atom is -0.495 e. The van der Waals surface area contributed by atoms with E-state index in [0.717, 1.165) is 11.5 Å². The lowest BCUT2D eigenvalue weighted by molar-refractivity contribution is 0.104. The maximum atomic E-state index is 11.9. The van der Waals surface area contributed by atoms with E-state index in [0.29, 0.717) is 21.2 Å². The van der Waals surface area contributed by atoms with Crippen LogP contribution < -0.4 is 4.74 Å². The van der Waals surface area contributed by atoms with Crippen molar-refractivity contribution in [1.29, 1.82) is 0 Å². The minimum absolute atomic E-state index is 0.134.